The minimum absolute atomic E-state index is 0.371. The Morgan fingerprint density at radius 2 is 1.83 bits per heavy atom. The molecular weight excluding hydrogens is 282 g/mol. The number of likely N-dealkylation sites (N-methyl/N-ethyl adjacent to an activating group) is 1. The van der Waals surface area contributed by atoms with Crippen LogP contribution in [0.2, 0.25) is 0 Å². The molecular formula is C21H29NO. The van der Waals surface area contributed by atoms with Gasteiger partial charge >= 0.3 is 0 Å². The maximum atomic E-state index is 6.00. The average Bonchev–Trinajstić information content (AvgIpc) is 2.60. The highest BCUT2D eigenvalue weighted by molar-refractivity contribution is 5.86. The van der Waals surface area contributed by atoms with Crippen molar-refractivity contribution in [1.29, 1.82) is 0 Å². The van der Waals surface area contributed by atoms with Crippen LogP contribution in [-0.4, -0.2) is 37.7 Å². The van der Waals surface area contributed by atoms with Gasteiger partial charge in [0, 0.05) is 12.5 Å². The summed E-state index contributed by atoms with van der Waals surface area (Å²) in [5.74, 6) is 0.371. The quantitative estimate of drug-likeness (QED) is 0.459. The second-order valence-corrected chi connectivity index (χ2v) is 5.89. The summed E-state index contributed by atoms with van der Waals surface area (Å²) in [7, 11) is 0. The SMILES string of the molecule is C=CCC(COCCN(CC)CC)c1cccc2ccccc12. The van der Waals surface area contributed by atoms with Crippen molar-refractivity contribution >= 4 is 10.8 Å². The van der Waals surface area contributed by atoms with Crippen LogP contribution in [0.25, 0.3) is 10.8 Å². The van der Waals surface area contributed by atoms with Gasteiger partial charge in [-0.25, -0.2) is 0 Å². The monoisotopic (exact) mass is 311 g/mol. The number of ether oxygens (including phenoxy) is 1. The van der Waals surface area contributed by atoms with E-state index in [0.717, 1.165) is 39.3 Å². The molecule has 2 aromatic rings. The molecule has 0 aliphatic rings. The largest absolute Gasteiger partial charge is 0.379 e. The first-order chi connectivity index (χ1) is 11.3. The van der Waals surface area contributed by atoms with Gasteiger partial charge in [-0.3, -0.25) is 0 Å². The third-order valence-electron chi connectivity index (χ3n) is 4.48. The molecule has 0 aromatic heterocycles. The zero-order valence-corrected chi connectivity index (χ0v) is 14.5. The normalized spacial score (nSPS) is 12.7. The Labute approximate surface area is 140 Å². The zero-order chi connectivity index (χ0) is 16.5. The molecule has 2 aromatic carbocycles. The van der Waals surface area contributed by atoms with Gasteiger partial charge in [-0.05, 0) is 35.8 Å². The van der Waals surface area contributed by atoms with Crippen LogP contribution in [0.4, 0.5) is 0 Å². The van der Waals surface area contributed by atoms with Gasteiger partial charge in [-0.15, -0.1) is 6.58 Å². The van der Waals surface area contributed by atoms with Crippen molar-refractivity contribution in [2.75, 3.05) is 32.8 Å². The summed E-state index contributed by atoms with van der Waals surface area (Å²) in [6.07, 6.45) is 2.94. The van der Waals surface area contributed by atoms with Crippen molar-refractivity contribution < 1.29 is 4.74 Å². The molecule has 0 saturated carbocycles. The van der Waals surface area contributed by atoms with Gasteiger partial charge in [0.2, 0.25) is 0 Å². The van der Waals surface area contributed by atoms with Crippen LogP contribution in [0, 0.1) is 0 Å². The molecule has 0 bridgehead atoms. The first kappa shape index (κ1) is 17.7. The van der Waals surface area contributed by atoms with Crippen LogP contribution in [-0.2, 0) is 4.74 Å². The Bertz CT molecular complexity index is 598. The van der Waals surface area contributed by atoms with Gasteiger partial charge < -0.3 is 9.64 Å². The summed E-state index contributed by atoms with van der Waals surface area (Å²) < 4.78 is 6.00. The van der Waals surface area contributed by atoms with Gasteiger partial charge in [0.1, 0.15) is 0 Å². The van der Waals surface area contributed by atoms with E-state index in [9.17, 15) is 0 Å². The molecule has 0 heterocycles. The summed E-state index contributed by atoms with van der Waals surface area (Å²) in [6.45, 7) is 13.0. The molecule has 23 heavy (non-hydrogen) atoms. The molecule has 0 fully saturated rings. The maximum Gasteiger partial charge on any atom is 0.0593 e. The van der Waals surface area contributed by atoms with Crippen LogP contribution < -0.4 is 0 Å². The molecule has 124 valence electrons. The lowest BCUT2D eigenvalue weighted by Gasteiger charge is -2.21. The van der Waals surface area contributed by atoms with Gasteiger partial charge in [-0.2, -0.15) is 0 Å². The highest BCUT2D eigenvalue weighted by atomic mass is 16.5. The molecule has 2 nitrogen and oxygen atoms in total. The Hall–Kier alpha value is -1.64. The summed E-state index contributed by atoms with van der Waals surface area (Å²) in [4.78, 5) is 2.39. The first-order valence-electron chi connectivity index (χ1n) is 8.68. The predicted molar refractivity (Wildman–Crippen MR) is 100 cm³/mol. The van der Waals surface area contributed by atoms with E-state index in [1.807, 2.05) is 6.08 Å². The fraction of sp³-hybridized carbons (Fsp3) is 0.429. The molecule has 0 spiro atoms. The molecule has 0 radical (unpaired) electrons. The molecule has 1 unspecified atom stereocenters. The molecule has 1 atom stereocenters. The van der Waals surface area contributed by atoms with Gasteiger partial charge in [0.15, 0.2) is 0 Å². The van der Waals surface area contributed by atoms with E-state index in [1.54, 1.807) is 0 Å². The van der Waals surface area contributed by atoms with E-state index in [-0.39, 0.29) is 0 Å². The lowest BCUT2D eigenvalue weighted by molar-refractivity contribution is 0.0964. The minimum atomic E-state index is 0.371. The zero-order valence-electron chi connectivity index (χ0n) is 14.5. The maximum absolute atomic E-state index is 6.00. The van der Waals surface area contributed by atoms with Crippen LogP contribution >= 0.6 is 0 Å². The smallest absolute Gasteiger partial charge is 0.0593 e. The van der Waals surface area contributed by atoms with Gasteiger partial charge in [0.05, 0.1) is 13.2 Å². The molecule has 0 aliphatic carbocycles. The van der Waals surface area contributed by atoms with Crippen molar-refractivity contribution in [2.45, 2.75) is 26.2 Å². The number of hydrogen-bond acceptors (Lipinski definition) is 2. The van der Waals surface area contributed by atoms with Crippen molar-refractivity contribution in [3.05, 3.63) is 60.7 Å². The Kier molecular flexibility index (Phi) is 7.31. The molecule has 0 aliphatic heterocycles. The topological polar surface area (TPSA) is 12.5 Å². The first-order valence-corrected chi connectivity index (χ1v) is 8.68. The van der Waals surface area contributed by atoms with Crippen molar-refractivity contribution in [3.8, 4) is 0 Å². The average molecular weight is 311 g/mol. The standard InChI is InChI=1S/C21H29NO/c1-4-10-19(17-23-16-15-22(5-2)6-3)21-14-9-12-18-11-7-8-13-20(18)21/h4,7-9,11-14,19H,1,5-6,10,15-17H2,2-3H3. The van der Waals surface area contributed by atoms with Crippen molar-refractivity contribution in [3.63, 3.8) is 0 Å². The van der Waals surface area contributed by atoms with Crippen LogP contribution in [0.5, 0.6) is 0 Å². The minimum Gasteiger partial charge on any atom is -0.379 e. The van der Waals surface area contributed by atoms with Crippen LogP contribution in [0.3, 0.4) is 0 Å². The molecule has 0 N–H and O–H groups in total. The van der Waals surface area contributed by atoms with Crippen molar-refractivity contribution in [2.24, 2.45) is 0 Å². The summed E-state index contributed by atoms with van der Waals surface area (Å²) in [6, 6.07) is 15.1. The van der Waals surface area contributed by atoms with E-state index in [0.29, 0.717) is 5.92 Å². The number of hydrogen-bond donors (Lipinski definition) is 0. The predicted octanol–water partition coefficient (Wildman–Crippen LogP) is 4.86. The van der Waals surface area contributed by atoms with E-state index in [2.05, 4.69) is 67.8 Å². The number of nitrogens with zero attached hydrogens (tertiary/aromatic N) is 1. The van der Waals surface area contributed by atoms with E-state index in [4.69, 9.17) is 4.74 Å². The fourth-order valence-electron chi connectivity index (χ4n) is 3.05. The summed E-state index contributed by atoms with van der Waals surface area (Å²) in [5.41, 5.74) is 1.37. The highest BCUT2D eigenvalue weighted by Gasteiger charge is 2.13. The summed E-state index contributed by atoms with van der Waals surface area (Å²) in [5, 5.41) is 2.62. The van der Waals surface area contributed by atoms with Gasteiger partial charge in [-0.1, -0.05) is 62.4 Å². The van der Waals surface area contributed by atoms with Gasteiger partial charge in [0.25, 0.3) is 0 Å². The second kappa shape index (κ2) is 9.49. The number of rotatable bonds is 10. The van der Waals surface area contributed by atoms with Crippen LogP contribution in [0.1, 0.15) is 31.7 Å². The second-order valence-electron chi connectivity index (χ2n) is 5.89. The molecule has 0 saturated heterocycles. The molecule has 0 amide bonds. The van der Waals surface area contributed by atoms with E-state index < -0.39 is 0 Å². The number of benzene rings is 2. The van der Waals surface area contributed by atoms with Crippen LogP contribution in [0.15, 0.2) is 55.1 Å². The Morgan fingerprint density at radius 1 is 1.09 bits per heavy atom. The lowest BCUT2D eigenvalue weighted by atomic mass is 9.91. The van der Waals surface area contributed by atoms with E-state index in [1.165, 1.54) is 16.3 Å². The Morgan fingerprint density at radius 3 is 2.57 bits per heavy atom. The fourth-order valence-corrected chi connectivity index (χ4v) is 3.05. The Balaban J connectivity index is 2.04. The third-order valence-corrected chi connectivity index (χ3v) is 4.48. The number of fused-ring (bicyclic) bond motifs is 1. The van der Waals surface area contributed by atoms with Crippen molar-refractivity contribution in [1.82, 2.24) is 4.90 Å². The lowest BCUT2D eigenvalue weighted by Crippen LogP contribution is -2.27. The van der Waals surface area contributed by atoms with E-state index >= 15 is 0 Å². The molecule has 2 heteroatoms. The third kappa shape index (κ3) is 4.92. The number of allylic oxidation sites excluding steroid dienone is 1. The highest BCUT2D eigenvalue weighted by Crippen LogP contribution is 2.28. The summed E-state index contributed by atoms with van der Waals surface area (Å²) >= 11 is 0. The molecule has 2 rings (SSSR count).